The number of halogens is 1. The van der Waals surface area contributed by atoms with E-state index in [2.05, 4.69) is 10.3 Å². The van der Waals surface area contributed by atoms with Crippen LogP contribution < -0.4 is 19.5 Å². The van der Waals surface area contributed by atoms with Crippen molar-refractivity contribution in [1.82, 2.24) is 4.98 Å². The molecule has 1 N–H and O–H groups in total. The molecule has 0 saturated carbocycles. The van der Waals surface area contributed by atoms with E-state index in [9.17, 15) is 4.79 Å². The Morgan fingerprint density at radius 1 is 1.10 bits per heavy atom. The Morgan fingerprint density at radius 2 is 1.77 bits per heavy atom. The van der Waals surface area contributed by atoms with E-state index in [0.29, 0.717) is 28.8 Å². The van der Waals surface area contributed by atoms with Gasteiger partial charge in [-0.3, -0.25) is 4.79 Å². The molecule has 0 atom stereocenters. The van der Waals surface area contributed by atoms with Crippen LogP contribution in [0.15, 0.2) is 36.4 Å². The molecule has 1 heterocycles. The summed E-state index contributed by atoms with van der Waals surface area (Å²) in [6.07, 6.45) is 0.821. The Labute approximate surface area is 184 Å². The molecule has 0 aliphatic heterocycles. The maximum absolute atomic E-state index is 12.6. The molecule has 0 fully saturated rings. The molecule has 0 aliphatic rings. The smallest absolute Gasteiger partial charge is 0.230 e. The number of rotatable bonds is 8. The lowest BCUT2D eigenvalue weighted by atomic mass is 10.1. The van der Waals surface area contributed by atoms with Crippen molar-refractivity contribution in [2.24, 2.45) is 0 Å². The van der Waals surface area contributed by atoms with Crippen LogP contribution in [0.4, 0.5) is 5.13 Å². The molecule has 0 radical (unpaired) electrons. The number of methoxy groups -OCH3 is 3. The molecule has 0 spiro atoms. The zero-order chi connectivity index (χ0) is 21.7. The molecule has 30 heavy (non-hydrogen) atoms. The van der Waals surface area contributed by atoms with Crippen LogP contribution in [-0.4, -0.2) is 32.2 Å². The van der Waals surface area contributed by atoms with E-state index >= 15 is 0 Å². The molecule has 1 aromatic heterocycles. The molecule has 2 aromatic carbocycles. The first-order valence-electron chi connectivity index (χ1n) is 9.23. The summed E-state index contributed by atoms with van der Waals surface area (Å²) < 4.78 is 16.0. The second-order valence-electron chi connectivity index (χ2n) is 6.55. The maximum atomic E-state index is 12.6. The summed E-state index contributed by atoms with van der Waals surface area (Å²) >= 11 is 7.72. The molecule has 3 aromatic rings. The van der Waals surface area contributed by atoms with Crippen LogP contribution in [0.25, 0.3) is 0 Å². The van der Waals surface area contributed by atoms with Gasteiger partial charge in [-0.2, -0.15) is 0 Å². The van der Waals surface area contributed by atoms with Crippen molar-refractivity contribution in [3.05, 3.63) is 63.1 Å². The molecular weight excluding hydrogens is 424 g/mol. The van der Waals surface area contributed by atoms with E-state index in [1.165, 1.54) is 18.4 Å². The normalized spacial score (nSPS) is 10.6. The number of carbonyl (C=O) groups excluding carboxylic acids is 1. The summed E-state index contributed by atoms with van der Waals surface area (Å²) in [6.45, 7) is 1.93. The summed E-state index contributed by atoms with van der Waals surface area (Å²) in [4.78, 5) is 18.1. The zero-order valence-electron chi connectivity index (χ0n) is 17.2. The fourth-order valence-electron chi connectivity index (χ4n) is 3.05. The molecule has 0 saturated heterocycles. The molecule has 0 aliphatic carbocycles. The highest BCUT2D eigenvalue weighted by atomic mass is 35.5. The third kappa shape index (κ3) is 5.04. The number of anilines is 1. The number of nitrogens with one attached hydrogen (secondary N) is 1. The molecule has 158 valence electrons. The number of ether oxygens (including phenoxy) is 3. The van der Waals surface area contributed by atoms with E-state index in [-0.39, 0.29) is 12.3 Å². The lowest BCUT2D eigenvalue weighted by Crippen LogP contribution is -2.14. The first-order valence-corrected chi connectivity index (χ1v) is 10.4. The summed E-state index contributed by atoms with van der Waals surface area (Å²) in [6, 6.07) is 11.2. The van der Waals surface area contributed by atoms with Crippen LogP contribution in [0.1, 0.15) is 21.7 Å². The zero-order valence-corrected chi connectivity index (χ0v) is 18.8. The number of hydrogen-bond acceptors (Lipinski definition) is 6. The highest BCUT2D eigenvalue weighted by Gasteiger charge is 2.16. The lowest BCUT2D eigenvalue weighted by molar-refractivity contribution is -0.115. The SMILES string of the molecule is COc1cc(CC(=O)Nc2nc(C)c(Cc3ccccc3Cl)s2)cc(OC)c1OC. The number of amides is 1. The number of benzene rings is 2. The van der Waals surface area contributed by atoms with Gasteiger partial charge in [0.05, 0.1) is 33.4 Å². The van der Waals surface area contributed by atoms with Gasteiger partial charge in [-0.05, 0) is 36.2 Å². The van der Waals surface area contributed by atoms with Gasteiger partial charge in [-0.25, -0.2) is 4.98 Å². The maximum Gasteiger partial charge on any atom is 0.230 e. The third-order valence-electron chi connectivity index (χ3n) is 4.54. The van der Waals surface area contributed by atoms with Gasteiger partial charge in [0.2, 0.25) is 11.7 Å². The highest BCUT2D eigenvalue weighted by molar-refractivity contribution is 7.15. The van der Waals surface area contributed by atoms with Gasteiger partial charge < -0.3 is 19.5 Å². The van der Waals surface area contributed by atoms with E-state index in [4.69, 9.17) is 25.8 Å². The van der Waals surface area contributed by atoms with Gasteiger partial charge in [-0.1, -0.05) is 29.8 Å². The van der Waals surface area contributed by atoms with Gasteiger partial charge in [0.25, 0.3) is 0 Å². The summed E-state index contributed by atoms with van der Waals surface area (Å²) in [7, 11) is 4.62. The summed E-state index contributed by atoms with van der Waals surface area (Å²) in [5, 5.41) is 4.16. The average molecular weight is 447 g/mol. The fraction of sp³-hybridized carbons (Fsp3) is 0.273. The van der Waals surface area contributed by atoms with Crippen LogP contribution in [0, 0.1) is 6.92 Å². The number of thiazole rings is 1. The van der Waals surface area contributed by atoms with Crippen LogP contribution in [-0.2, 0) is 17.6 Å². The van der Waals surface area contributed by atoms with Gasteiger partial charge in [0, 0.05) is 16.3 Å². The monoisotopic (exact) mass is 446 g/mol. The summed E-state index contributed by atoms with van der Waals surface area (Å²) in [5.74, 6) is 1.32. The van der Waals surface area contributed by atoms with E-state index < -0.39 is 0 Å². The van der Waals surface area contributed by atoms with Gasteiger partial charge in [0.15, 0.2) is 16.6 Å². The number of carbonyl (C=O) groups is 1. The second-order valence-corrected chi connectivity index (χ2v) is 8.05. The number of aryl methyl sites for hydroxylation is 1. The number of nitrogens with zero attached hydrogens (tertiary/aromatic N) is 1. The molecule has 3 rings (SSSR count). The molecule has 1 amide bonds. The predicted molar refractivity (Wildman–Crippen MR) is 120 cm³/mol. The number of hydrogen-bond donors (Lipinski definition) is 1. The van der Waals surface area contributed by atoms with Gasteiger partial charge in [0.1, 0.15) is 0 Å². The van der Waals surface area contributed by atoms with E-state index in [1.54, 1.807) is 26.4 Å². The van der Waals surface area contributed by atoms with E-state index in [1.807, 2.05) is 31.2 Å². The molecular formula is C22H23ClN2O4S. The van der Waals surface area contributed by atoms with Crippen molar-refractivity contribution < 1.29 is 19.0 Å². The lowest BCUT2D eigenvalue weighted by Gasteiger charge is -2.13. The second kappa shape index (κ2) is 9.82. The predicted octanol–water partition coefficient (Wildman–Crippen LogP) is 4.90. The molecule has 6 nitrogen and oxygen atoms in total. The topological polar surface area (TPSA) is 69.7 Å². The largest absolute Gasteiger partial charge is 0.493 e. The van der Waals surface area contributed by atoms with E-state index in [0.717, 1.165) is 26.7 Å². The van der Waals surface area contributed by atoms with Crippen LogP contribution >= 0.6 is 22.9 Å². The Balaban J connectivity index is 1.72. The van der Waals surface area contributed by atoms with Crippen LogP contribution in [0.3, 0.4) is 0 Å². The Bertz CT molecular complexity index is 1030. The Kier molecular flexibility index (Phi) is 7.18. The minimum Gasteiger partial charge on any atom is -0.493 e. The first kappa shape index (κ1) is 21.9. The molecule has 8 heteroatoms. The van der Waals surface area contributed by atoms with Crippen molar-refractivity contribution in [2.75, 3.05) is 26.6 Å². The van der Waals surface area contributed by atoms with Gasteiger partial charge in [-0.15, -0.1) is 11.3 Å². The first-order chi connectivity index (χ1) is 14.4. The van der Waals surface area contributed by atoms with Crippen molar-refractivity contribution in [3.8, 4) is 17.2 Å². The molecule has 0 unspecified atom stereocenters. The minimum absolute atomic E-state index is 0.148. The van der Waals surface area contributed by atoms with Crippen molar-refractivity contribution in [3.63, 3.8) is 0 Å². The Morgan fingerprint density at radius 3 is 2.37 bits per heavy atom. The average Bonchev–Trinajstić information content (AvgIpc) is 3.07. The summed E-state index contributed by atoms with van der Waals surface area (Å²) in [5.41, 5.74) is 2.65. The van der Waals surface area contributed by atoms with Crippen molar-refractivity contribution in [1.29, 1.82) is 0 Å². The fourth-order valence-corrected chi connectivity index (χ4v) is 4.25. The quantitative estimate of drug-likeness (QED) is 0.532. The Hall–Kier alpha value is -2.77. The molecule has 0 bridgehead atoms. The number of aromatic nitrogens is 1. The van der Waals surface area contributed by atoms with Crippen molar-refractivity contribution >= 4 is 34.0 Å². The van der Waals surface area contributed by atoms with Crippen LogP contribution in [0.2, 0.25) is 5.02 Å². The standard InChI is InChI=1S/C22H23ClN2O4S/c1-13-19(12-15-7-5-6-8-16(15)23)30-22(24-13)25-20(26)11-14-9-17(27-2)21(29-4)18(10-14)28-3/h5-10H,11-12H2,1-4H3,(H,24,25,26). The van der Waals surface area contributed by atoms with Gasteiger partial charge >= 0.3 is 0 Å². The minimum atomic E-state index is -0.178. The van der Waals surface area contributed by atoms with Crippen LogP contribution in [0.5, 0.6) is 17.2 Å². The third-order valence-corrected chi connectivity index (χ3v) is 5.98. The highest BCUT2D eigenvalue weighted by Crippen LogP contribution is 2.38. The van der Waals surface area contributed by atoms with Crippen molar-refractivity contribution in [2.45, 2.75) is 19.8 Å².